The van der Waals surface area contributed by atoms with Crippen molar-refractivity contribution in [2.45, 2.75) is 26.2 Å². The minimum atomic E-state index is -0.278. The molecule has 0 saturated heterocycles. The molecule has 1 amide bonds. The first-order chi connectivity index (χ1) is 12.5. The summed E-state index contributed by atoms with van der Waals surface area (Å²) in [4.78, 5) is 14.9. The Kier molecular flexibility index (Phi) is 13.6. The molecule has 2 aromatic rings. The number of amides is 1. The van der Waals surface area contributed by atoms with E-state index < -0.39 is 0 Å². The topological polar surface area (TPSA) is 63.2 Å². The summed E-state index contributed by atoms with van der Waals surface area (Å²) >= 11 is 7.39. The van der Waals surface area contributed by atoms with Crippen LogP contribution >= 0.6 is 59.9 Å². The molecule has 2 rings (SSSR count). The third-order valence-electron chi connectivity index (χ3n) is 3.50. The minimum absolute atomic E-state index is 0.0373. The van der Waals surface area contributed by atoms with Gasteiger partial charge in [0.25, 0.3) is 0 Å². The third-order valence-corrected chi connectivity index (χ3v) is 3.50. The van der Waals surface area contributed by atoms with Crippen molar-refractivity contribution in [1.82, 2.24) is 10.3 Å². The fourth-order valence-corrected chi connectivity index (χ4v) is 2.38. The number of anilines is 1. The first-order valence-corrected chi connectivity index (χ1v) is 21.6. The first-order valence-electron chi connectivity index (χ1n) is 8.13. The second-order valence-corrected chi connectivity index (χ2v) is 40.7. The number of methoxy groups -OCH3 is 1. The van der Waals surface area contributed by atoms with Gasteiger partial charge in [-0.3, -0.25) is 9.78 Å². The first kappa shape index (κ1) is 24.5. The molecular formula is C17H23I3N3O2V. The van der Waals surface area contributed by atoms with E-state index in [-0.39, 0.29) is 10.8 Å². The number of carbonyl (C=O) groups is 1. The summed E-state index contributed by atoms with van der Waals surface area (Å²) in [6.07, 6.45) is 4.95. The number of unbranched alkanes of at least 4 members (excludes halogenated alkanes) is 2. The SMILES string of the molecule is COc1cccc2c(NCCCCCNC(C)=O)ccnc12.[I][V]([I])[I]. The number of aromatic nitrogens is 1. The van der Waals surface area contributed by atoms with Crippen LogP contribution in [-0.4, -0.2) is 31.1 Å². The van der Waals surface area contributed by atoms with E-state index in [2.05, 4.69) is 75.6 Å². The fraction of sp³-hybridized carbons (Fsp3) is 0.412. The maximum atomic E-state index is 10.8. The van der Waals surface area contributed by atoms with Crippen molar-refractivity contribution in [3.63, 3.8) is 0 Å². The molecule has 1 aromatic heterocycles. The van der Waals surface area contributed by atoms with Crippen LogP contribution in [0.5, 0.6) is 5.75 Å². The molecule has 2 N–H and O–H groups in total. The number of nitrogens with zero attached hydrogens (tertiary/aromatic N) is 1. The number of rotatable bonds is 8. The van der Waals surface area contributed by atoms with Gasteiger partial charge in [0, 0.05) is 37.3 Å². The number of benzene rings is 1. The summed E-state index contributed by atoms with van der Waals surface area (Å²) in [5.74, 6) is 0.826. The predicted octanol–water partition coefficient (Wildman–Crippen LogP) is 5.62. The Hall–Kier alpha value is 0.474. The van der Waals surface area contributed by atoms with Gasteiger partial charge in [-0.2, -0.15) is 0 Å². The van der Waals surface area contributed by atoms with E-state index in [0.29, 0.717) is 0 Å². The zero-order chi connectivity index (χ0) is 19.4. The molecule has 144 valence electrons. The molecular weight excluding hydrogens is 710 g/mol. The summed E-state index contributed by atoms with van der Waals surface area (Å²) in [5.41, 5.74) is 1.95. The van der Waals surface area contributed by atoms with Gasteiger partial charge in [0.15, 0.2) is 0 Å². The van der Waals surface area contributed by atoms with Crippen LogP contribution in [0.15, 0.2) is 30.5 Å². The van der Waals surface area contributed by atoms with Crippen molar-refractivity contribution in [1.29, 1.82) is 0 Å². The molecule has 0 bridgehead atoms. The van der Waals surface area contributed by atoms with Crippen molar-refractivity contribution in [3.8, 4) is 5.75 Å². The molecule has 0 fully saturated rings. The Morgan fingerprint density at radius 2 is 1.85 bits per heavy atom. The molecule has 26 heavy (non-hydrogen) atoms. The molecule has 5 nitrogen and oxygen atoms in total. The maximum absolute atomic E-state index is 10.8. The number of hydrogen-bond acceptors (Lipinski definition) is 4. The monoisotopic (exact) mass is 733 g/mol. The number of ether oxygens (including phenoxy) is 1. The normalized spacial score (nSPS) is 10.2. The van der Waals surface area contributed by atoms with Crippen LogP contribution in [0.1, 0.15) is 26.2 Å². The summed E-state index contributed by atoms with van der Waals surface area (Å²) < 4.78 is 5.35. The molecule has 0 aliphatic carbocycles. The number of fused-ring (bicyclic) bond motifs is 1. The van der Waals surface area contributed by atoms with Crippen LogP contribution in [0.2, 0.25) is 0 Å². The molecule has 0 spiro atoms. The molecule has 1 aromatic carbocycles. The predicted molar refractivity (Wildman–Crippen MR) is 131 cm³/mol. The Morgan fingerprint density at radius 3 is 2.50 bits per heavy atom. The van der Waals surface area contributed by atoms with Gasteiger partial charge in [-0.05, 0) is 31.4 Å². The van der Waals surface area contributed by atoms with Crippen LogP contribution in [0.3, 0.4) is 0 Å². The number of halogens is 3. The van der Waals surface area contributed by atoms with Gasteiger partial charge < -0.3 is 15.4 Å². The Morgan fingerprint density at radius 1 is 1.15 bits per heavy atom. The van der Waals surface area contributed by atoms with Gasteiger partial charge in [0.1, 0.15) is 11.3 Å². The molecule has 0 radical (unpaired) electrons. The van der Waals surface area contributed by atoms with E-state index >= 15 is 0 Å². The van der Waals surface area contributed by atoms with Crippen LogP contribution in [0, 0.1) is 0 Å². The summed E-state index contributed by atoms with van der Waals surface area (Å²) in [7, 11) is 1.66. The zero-order valence-electron chi connectivity index (χ0n) is 14.8. The number of para-hydroxylation sites is 1. The van der Waals surface area contributed by atoms with Crippen molar-refractivity contribution in [2.24, 2.45) is 0 Å². The van der Waals surface area contributed by atoms with Crippen LogP contribution in [0.25, 0.3) is 10.9 Å². The zero-order valence-corrected chi connectivity index (χ0v) is 22.6. The molecule has 0 saturated carbocycles. The Balaban J connectivity index is 0.000000765. The molecule has 1 heterocycles. The summed E-state index contributed by atoms with van der Waals surface area (Å²) in [6.45, 7) is 3.20. The number of carbonyl (C=O) groups excluding carboxylic acids is 1. The van der Waals surface area contributed by atoms with Crippen LogP contribution in [0.4, 0.5) is 5.69 Å². The van der Waals surface area contributed by atoms with Crippen molar-refractivity contribution < 1.29 is 14.5 Å². The van der Waals surface area contributed by atoms with E-state index in [1.807, 2.05) is 24.3 Å². The van der Waals surface area contributed by atoms with Gasteiger partial charge in [0.05, 0.1) is 7.11 Å². The van der Waals surface area contributed by atoms with E-state index in [1.54, 1.807) is 20.2 Å². The van der Waals surface area contributed by atoms with Crippen molar-refractivity contribution in [2.75, 3.05) is 25.5 Å². The van der Waals surface area contributed by atoms with Crippen LogP contribution < -0.4 is 15.4 Å². The van der Waals surface area contributed by atoms with Crippen molar-refractivity contribution in [3.05, 3.63) is 30.5 Å². The second kappa shape index (κ2) is 14.5. The number of hydrogen-bond donors (Lipinski definition) is 2. The van der Waals surface area contributed by atoms with E-state index in [0.717, 1.165) is 54.7 Å². The number of pyridine rings is 1. The van der Waals surface area contributed by atoms with Crippen LogP contribution in [-0.2, 0) is 9.72 Å². The van der Waals surface area contributed by atoms with E-state index in [9.17, 15) is 4.79 Å². The molecule has 0 atom stereocenters. The average molecular weight is 733 g/mol. The van der Waals surface area contributed by atoms with Gasteiger partial charge in [-0.15, -0.1) is 0 Å². The van der Waals surface area contributed by atoms with Gasteiger partial charge in [-0.1, -0.05) is 12.1 Å². The Bertz CT molecular complexity index is 687. The molecule has 0 aliphatic heterocycles. The van der Waals surface area contributed by atoms with E-state index in [4.69, 9.17) is 4.74 Å². The summed E-state index contributed by atoms with van der Waals surface area (Å²) in [5, 5.41) is 7.33. The van der Waals surface area contributed by atoms with Gasteiger partial charge in [0.2, 0.25) is 5.91 Å². The Labute approximate surface area is 192 Å². The quantitative estimate of drug-likeness (QED) is 0.274. The second-order valence-electron chi connectivity index (χ2n) is 5.38. The average Bonchev–Trinajstić information content (AvgIpc) is 2.59. The number of nitrogens with one attached hydrogen (secondary N) is 2. The standard InChI is InChI=1S/C17H23N3O2.3HI.V/c1-13(21)18-10-4-3-5-11-19-15-9-12-20-17-14(15)7-6-8-16(17)22-2;;;;/h6-9,12H,3-5,10-11H2,1-2H3,(H,18,21)(H,19,20);3*1H;/q;;;;+3/p-3. The molecule has 9 heteroatoms. The van der Waals surface area contributed by atoms with E-state index in [1.165, 1.54) is 0 Å². The molecule has 0 unspecified atom stereocenters. The van der Waals surface area contributed by atoms with Gasteiger partial charge >= 0.3 is 64.9 Å². The summed E-state index contributed by atoms with van der Waals surface area (Å²) in [6, 6.07) is 7.92. The third kappa shape index (κ3) is 10.1. The fourth-order valence-electron chi connectivity index (χ4n) is 2.38. The molecule has 0 aliphatic rings. The van der Waals surface area contributed by atoms with Crippen molar-refractivity contribution >= 4 is 82.4 Å². The van der Waals surface area contributed by atoms with Gasteiger partial charge in [-0.25, -0.2) is 0 Å².